The summed E-state index contributed by atoms with van der Waals surface area (Å²) in [6, 6.07) is 2.80. The van der Waals surface area contributed by atoms with Gasteiger partial charge in [0.05, 0.1) is 16.7 Å². The van der Waals surface area contributed by atoms with Crippen LogP contribution in [-0.4, -0.2) is 16.9 Å². The lowest BCUT2D eigenvalue weighted by atomic mass is 10.2. The number of halogens is 2. The number of pyridine rings is 1. The van der Waals surface area contributed by atoms with E-state index in [4.69, 9.17) is 28.5 Å². The molecule has 0 bridgehead atoms. The Labute approximate surface area is 103 Å². The summed E-state index contributed by atoms with van der Waals surface area (Å²) in [5, 5.41) is 11.6. The molecule has 4 nitrogen and oxygen atoms in total. The molecule has 6 heteroatoms. The van der Waals surface area contributed by atoms with Crippen molar-refractivity contribution in [3.05, 3.63) is 28.0 Å². The number of amides is 1. The number of hydrogen-bond acceptors (Lipinski definition) is 3. The Morgan fingerprint density at radius 3 is 2.94 bits per heavy atom. The molecule has 1 amide bonds. The summed E-state index contributed by atoms with van der Waals surface area (Å²) in [6.45, 7) is 1.80. The second-order valence-electron chi connectivity index (χ2n) is 3.05. The summed E-state index contributed by atoms with van der Waals surface area (Å²) in [7, 11) is 0. The monoisotopic (exact) mass is 257 g/mol. The van der Waals surface area contributed by atoms with E-state index in [1.54, 1.807) is 6.92 Å². The fourth-order valence-electron chi connectivity index (χ4n) is 1.05. The molecule has 0 aliphatic heterocycles. The number of nitrogens with zero attached hydrogens (tertiary/aromatic N) is 2. The summed E-state index contributed by atoms with van der Waals surface area (Å²) >= 11 is 11.4. The summed E-state index contributed by atoms with van der Waals surface area (Å²) in [6.07, 6.45) is 1.82. The summed E-state index contributed by atoms with van der Waals surface area (Å²) < 4.78 is 0. The van der Waals surface area contributed by atoms with Crippen LogP contribution in [0.1, 0.15) is 23.7 Å². The average Bonchev–Trinajstić information content (AvgIpc) is 2.28. The number of carbonyl (C=O) groups excluding carboxylic acids is 1. The van der Waals surface area contributed by atoms with E-state index < -0.39 is 11.9 Å². The van der Waals surface area contributed by atoms with Crippen LogP contribution in [0.2, 0.25) is 10.2 Å². The van der Waals surface area contributed by atoms with Gasteiger partial charge < -0.3 is 5.32 Å². The second-order valence-corrected chi connectivity index (χ2v) is 3.84. The van der Waals surface area contributed by atoms with Gasteiger partial charge in [-0.2, -0.15) is 5.26 Å². The minimum atomic E-state index is -0.532. The Bertz CT molecular complexity index is 442. The van der Waals surface area contributed by atoms with Crippen molar-refractivity contribution in [2.45, 2.75) is 19.4 Å². The number of nitriles is 1. The maximum atomic E-state index is 11.7. The highest BCUT2D eigenvalue weighted by Gasteiger charge is 2.15. The van der Waals surface area contributed by atoms with Gasteiger partial charge in [-0.3, -0.25) is 4.79 Å². The van der Waals surface area contributed by atoms with Gasteiger partial charge >= 0.3 is 0 Å². The quantitative estimate of drug-likeness (QED) is 0.846. The maximum absolute atomic E-state index is 11.7. The molecule has 0 aromatic carbocycles. The first-order valence-corrected chi connectivity index (χ1v) is 5.35. The lowest BCUT2D eigenvalue weighted by Gasteiger charge is -2.09. The van der Waals surface area contributed by atoms with Crippen LogP contribution < -0.4 is 5.32 Å². The van der Waals surface area contributed by atoms with Gasteiger partial charge in [-0.1, -0.05) is 30.1 Å². The Morgan fingerprint density at radius 1 is 1.69 bits per heavy atom. The van der Waals surface area contributed by atoms with Gasteiger partial charge in [0, 0.05) is 6.20 Å². The predicted molar refractivity (Wildman–Crippen MR) is 61.4 cm³/mol. The maximum Gasteiger partial charge on any atom is 0.253 e. The normalized spacial score (nSPS) is 11.6. The molecule has 0 radical (unpaired) electrons. The molecule has 0 spiro atoms. The van der Waals surface area contributed by atoms with Gasteiger partial charge in [0.1, 0.15) is 11.2 Å². The molecule has 1 N–H and O–H groups in total. The molecule has 0 saturated heterocycles. The van der Waals surface area contributed by atoms with E-state index in [0.717, 1.165) is 0 Å². The van der Waals surface area contributed by atoms with Crippen LogP contribution in [0.4, 0.5) is 0 Å². The molecule has 0 fully saturated rings. The third kappa shape index (κ3) is 3.09. The smallest absolute Gasteiger partial charge is 0.253 e. The van der Waals surface area contributed by atoms with Crippen molar-refractivity contribution in [1.29, 1.82) is 5.26 Å². The lowest BCUT2D eigenvalue weighted by molar-refractivity contribution is 0.0944. The number of hydrogen-bond donors (Lipinski definition) is 1. The molecular weight excluding hydrogens is 249 g/mol. The molecule has 0 aliphatic carbocycles. The Kier molecular flexibility index (Phi) is 4.53. The van der Waals surface area contributed by atoms with Gasteiger partial charge in [0.15, 0.2) is 0 Å². The van der Waals surface area contributed by atoms with Gasteiger partial charge in [-0.15, -0.1) is 0 Å². The van der Waals surface area contributed by atoms with Crippen molar-refractivity contribution in [2.75, 3.05) is 0 Å². The first kappa shape index (κ1) is 12.8. The van der Waals surface area contributed by atoms with Gasteiger partial charge in [0.25, 0.3) is 5.91 Å². The highest BCUT2D eigenvalue weighted by molar-refractivity contribution is 6.35. The Hall–Kier alpha value is -1.31. The van der Waals surface area contributed by atoms with Crippen LogP contribution in [0.5, 0.6) is 0 Å². The highest BCUT2D eigenvalue weighted by atomic mass is 35.5. The third-order valence-corrected chi connectivity index (χ3v) is 2.44. The highest BCUT2D eigenvalue weighted by Crippen LogP contribution is 2.18. The molecule has 0 aliphatic rings. The van der Waals surface area contributed by atoms with E-state index in [0.29, 0.717) is 6.42 Å². The van der Waals surface area contributed by atoms with E-state index >= 15 is 0 Å². The SMILES string of the molecule is CCC(C#N)NC(=O)c1cc(Cl)ncc1Cl. The molecule has 16 heavy (non-hydrogen) atoms. The molecule has 1 atom stereocenters. The van der Waals surface area contributed by atoms with E-state index in [9.17, 15) is 4.79 Å². The van der Waals surface area contributed by atoms with Gasteiger partial charge in [0.2, 0.25) is 0 Å². The fraction of sp³-hybridized carbons (Fsp3) is 0.300. The standard InChI is InChI=1S/C10H9Cl2N3O/c1-2-6(4-13)15-10(16)7-3-9(12)14-5-8(7)11/h3,5-6H,2H2,1H3,(H,15,16). The van der Waals surface area contributed by atoms with Crippen molar-refractivity contribution < 1.29 is 4.79 Å². The average molecular weight is 258 g/mol. The zero-order chi connectivity index (χ0) is 12.1. The van der Waals surface area contributed by atoms with E-state index in [2.05, 4.69) is 10.3 Å². The van der Waals surface area contributed by atoms with Crippen LogP contribution in [0.3, 0.4) is 0 Å². The molecule has 1 aromatic rings. The number of aromatic nitrogens is 1. The second kappa shape index (κ2) is 5.69. The minimum absolute atomic E-state index is 0.180. The molecule has 1 aromatic heterocycles. The van der Waals surface area contributed by atoms with E-state index in [1.807, 2.05) is 6.07 Å². The minimum Gasteiger partial charge on any atom is -0.336 e. The van der Waals surface area contributed by atoms with Crippen LogP contribution in [0.25, 0.3) is 0 Å². The van der Waals surface area contributed by atoms with E-state index in [-0.39, 0.29) is 15.7 Å². The van der Waals surface area contributed by atoms with Crippen LogP contribution in [-0.2, 0) is 0 Å². The van der Waals surface area contributed by atoms with Crippen molar-refractivity contribution in [1.82, 2.24) is 10.3 Å². The van der Waals surface area contributed by atoms with Crippen LogP contribution in [0, 0.1) is 11.3 Å². The summed E-state index contributed by atoms with van der Waals surface area (Å²) in [4.78, 5) is 15.4. The summed E-state index contributed by atoms with van der Waals surface area (Å²) in [5.41, 5.74) is 0.218. The molecule has 1 heterocycles. The first-order valence-electron chi connectivity index (χ1n) is 4.60. The van der Waals surface area contributed by atoms with Crippen molar-refractivity contribution in [3.8, 4) is 6.07 Å². The van der Waals surface area contributed by atoms with Crippen molar-refractivity contribution in [3.63, 3.8) is 0 Å². The topological polar surface area (TPSA) is 65.8 Å². The summed E-state index contributed by atoms with van der Waals surface area (Å²) in [5.74, 6) is -0.428. The van der Waals surface area contributed by atoms with Crippen LogP contribution in [0.15, 0.2) is 12.3 Å². The Morgan fingerprint density at radius 2 is 2.38 bits per heavy atom. The fourth-order valence-corrected chi connectivity index (χ4v) is 1.40. The van der Waals surface area contributed by atoms with Crippen molar-refractivity contribution in [2.24, 2.45) is 0 Å². The zero-order valence-electron chi connectivity index (χ0n) is 8.50. The number of nitrogens with one attached hydrogen (secondary N) is 1. The van der Waals surface area contributed by atoms with E-state index in [1.165, 1.54) is 12.3 Å². The predicted octanol–water partition coefficient (Wildman–Crippen LogP) is 2.42. The van der Waals surface area contributed by atoms with Crippen molar-refractivity contribution >= 4 is 29.1 Å². The molecule has 0 saturated carbocycles. The van der Waals surface area contributed by atoms with Gasteiger partial charge in [-0.25, -0.2) is 4.98 Å². The van der Waals surface area contributed by atoms with Gasteiger partial charge in [-0.05, 0) is 12.5 Å². The first-order chi connectivity index (χ1) is 7.58. The largest absolute Gasteiger partial charge is 0.336 e. The number of rotatable bonds is 3. The lowest BCUT2D eigenvalue weighted by Crippen LogP contribution is -2.33. The van der Waals surface area contributed by atoms with Crippen LogP contribution >= 0.6 is 23.2 Å². The molecule has 84 valence electrons. The zero-order valence-corrected chi connectivity index (χ0v) is 10.0. The molecular formula is C10H9Cl2N3O. The Balaban J connectivity index is 2.89. The molecule has 1 unspecified atom stereocenters. The molecule has 1 rings (SSSR count). The number of carbonyl (C=O) groups is 1. The third-order valence-electron chi connectivity index (χ3n) is 1.94.